The van der Waals surface area contributed by atoms with Crippen LogP contribution in [0.4, 0.5) is 29.0 Å². The largest absolute Gasteiger partial charge is 0.369 e. The zero-order valence-corrected chi connectivity index (χ0v) is 18.0. The van der Waals surface area contributed by atoms with Gasteiger partial charge in [-0.3, -0.25) is 5.10 Å². The Balaban J connectivity index is 1.51. The highest BCUT2D eigenvalue weighted by molar-refractivity contribution is 6.30. The Labute approximate surface area is 194 Å². The van der Waals surface area contributed by atoms with Gasteiger partial charge in [-0.15, -0.1) is 0 Å². The molecule has 2 aromatic heterocycles. The minimum Gasteiger partial charge on any atom is -0.369 e. The van der Waals surface area contributed by atoms with E-state index in [-0.39, 0.29) is 5.96 Å². The molecule has 162 valence electrons. The molecule has 0 aliphatic rings. The van der Waals surface area contributed by atoms with Crippen LogP contribution in [-0.2, 0) is 0 Å². The third-order valence-electron chi connectivity index (χ3n) is 4.75. The molecular weight excluding hydrogens is 438 g/mol. The summed E-state index contributed by atoms with van der Waals surface area (Å²) in [7, 11) is 0. The molecule has 0 bridgehead atoms. The monoisotopic (exact) mass is 455 g/mol. The van der Waals surface area contributed by atoms with E-state index >= 15 is 0 Å². The first kappa shape index (κ1) is 20.4. The zero-order chi connectivity index (χ0) is 22.6. The van der Waals surface area contributed by atoms with Gasteiger partial charge in [-0.1, -0.05) is 35.9 Å². The summed E-state index contributed by atoms with van der Waals surface area (Å²) in [5, 5.41) is 11.8. The van der Waals surface area contributed by atoms with Crippen LogP contribution in [0, 0.1) is 0 Å². The summed E-state index contributed by atoms with van der Waals surface area (Å²) >= 11 is 6.10. The number of benzene rings is 3. The first-order chi connectivity index (χ1) is 16.2. The number of aromatic amines is 1. The number of rotatable bonds is 5. The summed E-state index contributed by atoms with van der Waals surface area (Å²) in [6, 6.07) is 22.4. The number of fused-ring (bicyclic) bond motifs is 1. The minimum atomic E-state index is 0.180. The second-order valence-electron chi connectivity index (χ2n) is 7.03. The Morgan fingerprint density at radius 1 is 1.00 bits per heavy atom. The standard InChI is InChI=1S/C23H18ClN9/c24-16-5-4-6-17(11-16)29-21(25)33(19-7-2-1-3-8-19)23-27-14-26-22(31-23)30-18-10-9-15-13-28-32-20(15)12-18/h1-14H,(H2,25,29)(H,28,32)(H,26,27,30,31). The van der Waals surface area contributed by atoms with E-state index < -0.39 is 0 Å². The normalized spacial score (nSPS) is 11.5. The van der Waals surface area contributed by atoms with Crippen LogP contribution in [0.3, 0.4) is 0 Å². The van der Waals surface area contributed by atoms with Crippen molar-refractivity contribution in [3.63, 3.8) is 0 Å². The molecule has 0 saturated heterocycles. The van der Waals surface area contributed by atoms with Crippen molar-refractivity contribution >= 4 is 57.4 Å². The molecule has 3 aromatic carbocycles. The summed E-state index contributed by atoms with van der Waals surface area (Å²) in [4.78, 5) is 19.3. The first-order valence-electron chi connectivity index (χ1n) is 10.00. The number of H-pyrrole nitrogens is 1. The molecule has 33 heavy (non-hydrogen) atoms. The number of nitrogens with zero attached hydrogens (tertiary/aromatic N) is 6. The molecule has 2 heterocycles. The molecule has 0 unspecified atom stereocenters. The van der Waals surface area contributed by atoms with Gasteiger partial charge in [0.15, 0.2) is 0 Å². The molecule has 0 amide bonds. The molecule has 0 radical (unpaired) electrons. The Hall–Kier alpha value is -4.50. The van der Waals surface area contributed by atoms with Crippen molar-refractivity contribution in [1.82, 2.24) is 25.1 Å². The molecule has 0 fully saturated rings. The van der Waals surface area contributed by atoms with Crippen molar-refractivity contribution in [2.45, 2.75) is 0 Å². The lowest BCUT2D eigenvalue weighted by atomic mass is 10.2. The van der Waals surface area contributed by atoms with Gasteiger partial charge in [-0.2, -0.15) is 10.1 Å². The Morgan fingerprint density at radius 3 is 2.73 bits per heavy atom. The van der Waals surface area contributed by atoms with Crippen LogP contribution in [0.1, 0.15) is 0 Å². The lowest BCUT2D eigenvalue weighted by Gasteiger charge is -2.21. The van der Waals surface area contributed by atoms with Gasteiger partial charge in [-0.25, -0.2) is 19.9 Å². The molecule has 5 aromatic rings. The smallest absolute Gasteiger partial charge is 0.241 e. The van der Waals surface area contributed by atoms with Crippen molar-refractivity contribution < 1.29 is 0 Å². The first-order valence-corrected chi connectivity index (χ1v) is 10.4. The molecule has 0 spiro atoms. The molecule has 10 heteroatoms. The maximum atomic E-state index is 6.42. The number of halogens is 1. The third-order valence-corrected chi connectivity index (χ3v) is 4.99. The number of aromatic nitrogens is 5. The van der Waals surface area contributed by atoms with Crippen LogP contribution in [-0.4, -0.2) is 31.1 Å². The van der Waals surface area contributed by atoms with Gasteiger partial charge in [0.1, 0.15) is 6.33 Å². The van der Waals surface area contributed by atoms with Crippen molar-refractivity contribution in [2.24, 2.45) is 10.7 Å². The lowest BCUT2D eigenvalue weighted by molar-refractivity contribution is 1.02. The molecule has 0 aliphatic heterocycles. The van der Waals surface area contributed by atoms with Gasteiger partial charge in [0.05, 0.1) is 23.1 Å². The van der Waals surface area contributed by atoms with Crippen molar-refractivity contribution in [3.8, 4) is 0 Å². The van der Waals surface area contributed by atoms with Crippen LogP contribution in [0.5, 0.6) is 0 Å². The summed E-state index contributed by atoms with van der Waals surface area (Å²) in [6.07, 6.45) is 3.18. The Morgan fingerprint density at radius 2 is 1.88 bits per heavy atom. The third kappa shape index (κ3) is 4.58. The van der Waals surface area contributed by atoms with Crippen molar-refractivity contribution in [3.05, 3.63) is 90.3 Å². The highest BCUT2D eigenvalue weighted by Gasteiger charge is 2.18. The number of hydrogen-bond donors (Lipinski definition) is 3. The number of nitrogens with one attached hydrogen (secondary N) is 2. The van der Waals surface area contributed by atoms with Gasteiger partial charge in [-0.05, 0) is 48.5 Å². The van der Waals surface area contributed by atoms with Crippen LogP contribution in [0.15, 0.2) is 90.3 Å². The Kier molecular flexibility index (Phi) is 5.52. The van der Waals surface area contributed by atoms with Crippen LogP contribution in [0.25, 0.3) is 10.9 Å². The van der Waals surface area contributed by atoms with E-state index in [0.717, 1.165) is 22.3 Å². The second kappa shape index (κ2) is 8.93. The number of nitrogens with two attached hydrogens (primary N) is 1. The number of para-hydroxylation sites is 1. The topological polar surface area (TPSA) is 121 Å². The average Bonchev–Trinajstić information content (AvgIpc) is 3.28. The molecule has 5 rings (SSSR count). The summed E-state index contributed by atoms with van der Waals surface area (Å²) < 4.78 is 0. The van der Waals surface area contributed by atoms with Gasteiger partial charge >= 0.3 is 0 Å². The minimum absolute atomic E-state index is 0.180. The van der Waals surface area contributed by atoms with Gasteiger partial charge < -0.3 is 11.1 Å². The Bertz CT molecular complexity index is 1430. The highest BCUT2D eigenvalue weighted by atomic mass is 35.5. The van der Waals surface area contributed by atoms with E-state index in [1.165, 1.54) is 6.33 Å². The number of guanidine groups is 1. The fourth-order valence-electron chi connectivity index (χ4n) is 3.25. The fourth-order valence-corrected chi connectivity index (χ4v) is 3.44. The second-order valence-corrected chi connectivity index (χ2v) is 7.46. The molecule has 9 nitrogen and oxygen atoms in total. The van der Waals surface area contributed by atoms with E-state index in [4.69, 9.17) is 17.3 Å². The van der Waals surface area contributed by atoms with Crippen molar-refractivity contribution in [1.29, 1.82) is 0 Å². The predicted octanol–water partition coefficient (Wildman–Crippen LogP) is 4.93. The molecule has 0 atom stereocenters. The van der Waals surface area contributed by atoms with Crippen LogP contribution in [0.2, 0.25) is 5.02 Å². The number of anilines is 4. The molecule has 0 saturated carbocycles. The van der Waals surface area contributed by atoms with E-state index in [0.29, 0.717) is 22.6 Å². The lowest BCUT2D eigenvalue weighted by Crippen LogP contribution is -2.34. The highest BCUT2D eigenvalue weighted by Crippen LogP contribution is 2.25. The fraction of sp³-hybridized carbons (Fsp3) is 0. The van der Waals surface area contributed by atoms with Gasteiger partial charge in [0.25, 0.3) is 0 Å². The summed E-state index contributed by atoms with van der Waals surface area (Å²) in [5.41, 5.74) is 9.48. The quantitative estimate of drug-likeness (QED) is 0.254. The maximum absolute atomic E-state index is 6.42. The molecular formula is C23H18ClN9. The average molecular weight is 456 g/mol. The van der Waals surface area contributed by atoms with Gasteiger partial charge in [0, 0.05) is 16.1 Å². The summed E-state index contributed by atoms with van der Waals surface area (Å²) in [5.74, 6) is 0.847. The van der Waals surface area contributed by atoms with E-state index in [2.05, 4.69) is 35.5 Å². The molecule has 4 N–H and O–H groups in total. The number of hydrogen-bond acceptors (Lipinski definition) is 6. The SMILES string of the molecule is NC(=Nc1cccc(Cl)c1)N(c1ccccc1)c1ncnc(Nc2ccc3cn[nH]c3c2)n1. The van der Waals surface area contributed by atoms with E-state index in [1.54, 1.807) is 23.2 Å². The van der Waals surface area contributed by atoms with E-state index in [1.807, 2.05) is 60.7 Å². The summed E-state index contributed by atoms with van der Waals surface area (Å²) in [6.45, 7) is 0. The van der Waals surface area contributed by atoms with Crippen LogP contribution < -0.4 is 16.0 Å². The maximum Gasteiger partial charge on any atom is 0.241 e. The number of aliphatic imine (C=N–C) groups is 1. The van der Waals surface area contributed by atoms with Gasteiger partial charge in [0.2, 0.25) is 17.9 Å². The van der Waals surface area contributed by atoms with Crippen LogP contribution >= 0.6 is 11.6 Å². The predicted molar refractivity (Wildman–Crippen MR) is 131 cm³/mol. The van der Waals surface area contributed by atoms with Crippen molar-refractivity contribution in [2.75, 3.05) is 10.2 Å². The zero-order valence-electron chi connectivity index (χ0n) is 17.2. The van der Waals surface area contributed by atoms with E-state index in [9.17, 15) is 0 Å². The molecule has 0 aliphatic carbocycles.